The van der Waals surface area contributed by atoms with Gasteiger partial charge in [0.15, 0.2) is 11.5 Å². The Bertz CT molecular complexity index is 920. The average molecular weight is 480 g/mol. The highest BCUT2D eigenvalue weighted by molar-refractivity contribution is 9.10. The molecule has 0 saturated heterocycles. The molecule has 0 spiro atoms. The monoisotopic (exact) mass is 479 g/mol. The molecule has 0 aliphatic carbocycles. The van der Waals surface area contributed by atoms with E-state index in [1.165, 1.54) is 0 Å². The maximum absolute atomic E-state index is 12.1. The number of nitrogens with one attached hydrogen (secondary N) is 1. The molecule has 2 aromatic carbocycles. The van der Waals surface area contributed by atoms with Crippen LogP contribution in [0.1, 0.15) is 30.6 Å². The largest absolute Gasteiger partial charge is 0.493 e. The fourth-order valence-electron chi connectivity index (χ4n) is 3.25. The highest BCUT2D eigenvalue weighted by atomic mass is 79.9. The molecule has 8 heteroatoms. The van der Waals surface area contributed by atoms with E-state index in [4.69, 9.17) is 31.2 Å². The third-order valence-corrected chi connectivity index (χ3v) is 5.38. The molecule has 1 heterocycles. The Morgan fingerprint density at radius 2 is 2.00 bits per heavy atom. The second-order valence-corrected chi connectivity index (χ2v) is 7.67. The van der Waals surface area contributed by atoms with Crippen molar-refractivity contribution < 1.29 is 23.7 Å². The molecule has 3 rings (SSSR count). The van der Waals surface area contributed by atoms with Gasteiger partial charge in [-0.2, -0.15) is 0 Å². The van der Waals surface area contributed by atoms with Crippen LogP contribution in [-0.2, 0) is 14.3 Å². The zero-order chi connectivity index (χ0) is 21.0. The van der Waals surface area contributed by atoms with Crippen molar-refractivity contribution in [3.8, 4) is 11.5 Å². The van der Waals surface area contributed by atoms with E-state index in [9.17, 15) is 4.79 Å². The Labute approximate surface area is 183 Å². The van der Waals surface area contributed by atoms with Crippen LogP contribution in [0.3, 0.4) is 0 Å². The number of carbonyl (C=O) groups is 1. The van der Waals surface area contributed by atoms with Gasteiger partial charge in [0, 0.05) is 21.3 Å². The van der Waals surface area contributed by atoms with E-state index in [0.29, 0.717) is 23.1 Å². The van der Waals surface area contributed by atoms with Gasteiger partial charge in [0.2, 0.25) is 0 Å². The number of methoxy groups -OCH3 is 2. The molecule has 1 aliphatic heterocycles. The summed E-state index contributed by atoms with van der Waals surface area (Å²) in [5, 5.41) is 3.22. The lowest BCUT2D eigenvalue weighted by atomic mass is 9.98. The molecule has 1 N–H and O–H groups in total. The van der Waals surface area contributed by atoms with Crippen molar-refractivity contribution in [2.24, 2.45) is 0 Å². The molecule has 0 aromatic heterocycles. The van der Waals surface area contributed by atoms with Gasteiger partial charge in [0.25, 0.3) is 0 Å². The van der Waals surface area contributed by atoms with Crippen molar-refractivity contribution in [2.75, 3.05) is 26.1 Å². The Balaban J connectivity index is 2.10. The van der Waals surface area contributed by atoms with Gasteiger partial charge in [-0.3, -0.25) is 4.79 Å². The zero-order valence-electron chi connectivity index (χ0n) is 16.4. The summed E-state index contributed by atoms with van der Waals surface area (Å²) in [7, 11) is 3.17. The summed E-state index contributed by atoms with van der Waals surface area (Å²) in [6.45, 7) is 2.06. The number of fused-ring (bicyclic) bond motifs is 1. The molecular weight excluding hydrogens is 458 g/mol. The third-order valence-electron chi connectivity index (χ3n) is 4.52. The molecule has 0 saturated carbocycles. The van der Waals surface area contributed by atoms with Gasteiger partial charge in [0.1, 0.15) is 17.2 Å². The molecule has 0 fully saturated rings. The lowest BCUT2D eigenvalue weighted by Gasteiger charge is -2.24. The highest BCUT2D eigenvalue weighted by Gasteiger charge is 2.33. The number of esters is 1. The van der Waals surface area contributed by atoms with Crippen molar-refractivity contribution in [1.29, 1.82) is 0 Å². The Morgan fingerprint density at radius 3 is 2.69 bits per heavy atom. The van der Waals surface area contributed by atoms with Gasteiger partial charge in [-0.15, -0.1) is 0 Å². The van der Waals surface area contributed by atoms with E-state index in [2.05, 4.69) is 21.2 Å². The smallest absolute Gasteiger partial charge is 0.308 e. The molecule has 2 aromatic rings. The van der Waals surface area contributed by atoms with Crippen LogP contribution in [0, 0.1) is 0 Å². The maximum atomic E-state index is 12.1. The second-order valence-electron chi connectivity index (χ2n) is 6.32. The summed E-state index contributed by atoms with van der Waals surface area (Å²) in [6.07, 6.45) is -1.19. The van der Waals surface area contributed by atoms with E-state index in [1.54, 1.807) is 21.1 Å². The van der Waals surface area contributed by atoms with Crippen molar-refractivity contribution in [3.05, 3.63) is 52.0 Å². The summed E-state index contributed by atoms with van der Waals surface area (Å²) in [4.78, 5) is 12.5. The molecule has 0 unspecified atom stereocenters. The zero-order valence-corrected chi connectivity index (χ0v) is 18.8. The maximum Gasteiger partial charge on any atom is 0.308 e. The Hall–Kier alpha value is -2.16. The number of halogens is 1. The Kier molecular flexibility index (Phi) is 7.10. The summed E-state index contributed by atoms with van der Waals surface area (Å²) in [5.41, 5.74) is 2.44. The topological polar surface area (TPSA) is 66.0 Å². The van der Waals surface area contributed by atoms with Crippen LogP contribution in [0.5, 0.6) is 11.5 Å². The molecule has 0 bridgehead atoms. The van der Waals surface area contributed by atoms with E-state index in [0.717, 1.165) is 21.3 Å². The summed E-state index contributed by atoms with van der Waals surface area (Å²) in [5.74, 6) is 0.783. The first kappa shape index (κ1) is 21.5. The van der Waals surface area contributed by atoms with Gasteiger partial charge in [0.05, 0.1) is 27.2 Å². The van der Waals surface area contributed by atoms with Crippen LogP contribution < -0.4 is 14.8 Å². The number of carbonyl (C=O) groups excluding carboxylic acids is 1. The fraction of sp³-hybridized carbons (Fsp3) is 0.333. The van der Waals surface area contributed by atoms with Gasteiger partial charge >= 0.3 is 5.97 Å². The van der Waals surface area contributed by atoms with Crippen LogP contribution in [0.15, 0.2) is 40.9 Å². The van der Waals surface area contributed by atoms with Crippen molar-refractivity contribution in [2.45, 2.75) is 25.6 Å². The van der Waals surface area contributed by atoms with E-state index < -0.39 is 12.2 Å². The van der Waals surface area contributed by atoms with Crippen LogP contribution in [-0.4, -0.2) is 37.9 Å². The fourth-order valence-corrected chi connectivity index (χ4v) is 3.88. The molecule has 154 valence electrons. The molecule has 6 nitrogen and oxygen atoms in total. The van der Waals surface area contributed by atoms with Gasteiger partial charge in [-0.1, -0.05) is 40.3 Å². The van der Waals surface area contributed by atoms with Crippen molar-refractivity contribution >= 4 is 44.8 Å². The van der Waals surface area contributed by atoms with Gasteiger partial charge in [-0.25, -0.2) is 0 Å². The SMILES string of the molecule is CCOC(=O)C[C@@H]1O[C@@H](c2cccc(OC)c2OC)c2cc(Br)ccc2NC1=S. The number of ether oxygens (including phenoxy) is 4. The third kappa shape index (κ3) is 4.71. The number of thiocarbonyl (C=S) groups is 1. The van der Waals surface area contributed by atoms with Crippen molar-refractivity contribution in [1.82, 2.24) is 0 Å². The summed E-state index contributed by atoms with van der Waals surface area (Å²) in [6, 6.07) is 11.4. The van der Waals surface area contributed by atoms with Crippen LogP contribution >= 0.6 is 28.1 Å². The molecule has 29 heavy (non-hydrogen) atoms. The summed E-state index contributed by atoms with van der Waals surface area (Å²) >= 11 is 9.05. The summed E-state index contributed by atoms with van der Waals surface area (Å²) < 4.78 is 23.5. The minimum Gasteiger partial charge on any atom is -0.493 e. The van der Waals surface area contributed by atoms with Crippen LogP contribution in [0.25, 0.3) is 0 Å². The minimum atomic E-state index is -0.656. The Morgan fingerprint density at radius 1 is 1.21 bits per heavy atom. The number of para-hydroxylation sites is 1. The lowest BCUT2D eigenvalue weighted by molar-refractivity contribution is -0.145. The molecule has 2 atom stereocenters. The number of hydrogen-bond donors (Lipinski definition) is 1. The number of anilines is 1. The number of rotatable bonds is 6. The minimum absolute atomic E-state index is 0.0115. The lowest BCUT2D eigenvalue weighted by Crippen LogP contribution is -2.31. The standard InChI is InChI=1S/C21H22BrNO5S/c1-4-27-18(24)11-17-21(29)23-15-9-8-12(22)10-14(15)19(28-17)13-6-5-7-16(25-2)20(13)26-3/h5-10,17,19H,4,11H2,1-3H3,(H,23,29)/t17-,19-/m0/s1. The first-order chi connectivity index (χ1) is 14.0. The quantitative estimate of drug-likeness (QED) is 0.477. The number of hydrogen-bond acceptors (Lipinski definition) is 6. The van der Waals surface area contributed by atoms with E-state index in [1.807, 2.05) is 36.4 Å². The first-order valence-electron chi connectivity index (χ1n) is 9.10. The molecular formula is C21H22BrNO5S. The predicted octanol–water partition coefficient (Wildman–Crippen LogP) is 4.65. The molecule has 1 aliphatic rings. The van der Waals surface area contributed by atoms with Crippen LogP contribution in [0.4, 0.5) is 5.69 Å². The second kappa shape index (κ2) is 9.56. The normalized spacial score (nSPS) is 18.3. The van der Waals surface area contributed by atoms with E-state index >= 15 is 0 Å². The number of benzene rings is 2. The van der Waals surface area contributed by atoms with Crippen LogP contribution in [0.2, 0.25) is 0 Å². The average Bonchev–Trinajstić information content (AvgIpc) is 2.84. The molecule has 0 amide bonds. The first-order valence-corrected chi connectivity index (χ1v) is 10.3. The van der Waals surface area contributed by atoms with Gasteiger partial charge < -0.3 is 24.3 Å². The van der Waals surface area contributed by atoms with Crippen molar-refractivity contribution in [3.63, 3.8) is 0 Å². The predicted molar refractivity (Wildman–Crippen MR) is 118 cm³/mol. The highest BCUT2D eigenvalue weighted by Crippen LogP contribution is 2.43. The van der Waals surface area contributed by atoms with E-state index in [-0.39, 0.29) is 12.4 Å². The van der Waals surface area contributed by atoms with Gasteiger partial charge in [-0.05, 0) is 31.2 Å². The molecule has 0 radical (unpaired) electrons.